The number of hydrazine groups is 1. The zero-order chi connectivity index (χ0) is 13.7. The van der Waals surface area contributed by atoms with Crippen LogP contribution in [0.4, 0.5) is 0 Å². The Hall–Kier alpha value is -2.05. The number of aryl methyl sites for hydroxylation is 1. The average Bonchev–Trinajstić information content (AvgIpc) is 2.41. The number of ether oxygens (including phenoxy) is 1. The fourth-order valence-corrected chi connectivity index (χ4v) is 1.83. The molecule has 0 saturated heterocycles. The van der Waals surface area contributed by atoms with Crippen molar-refractivity contribution in [3.05, 3.63) is 47.8 Å². The second-order valence-corrected chi connectivity index (χ2v) is 4.02. The molecule has 2 heterocycles. The van der Waals surface area contributed by atoms with Crippen molar-refractivity contribution in [3.63, 3.8) is 0 Å². The van der Waals surface area contributed by atoms with Crippen molar-refractivity contribution in [1.29, 1.82) is 0 Å². The van der Waals surface area contributed by atoms with Crippen LogP contribution in [0.25, 0.3) is 0 Å². The molecule has 19 heavy (non-hydrogen) atoms. The lowest BCUT2D eigenvalue weighted by atomic mass is 10.1. The maximum absolute atomic E-state index is 5.63. The number of nitrogens with zero attached hydrogens (tertiary/aromatic N) is 3. The first-order valence-corrected chi connectivity index (χ1v) is 6.08. The topological polar surface area (TPSA) is 86.0 Å². The van der Waals surface area contributed by atoms with Crippen LogP contribution in [0.2, 0.25) is 0 Å². The largest absolute Gasteiger partial charge is 0.492 e. The summed E-state index contributed by atoms with van der Waals surface area (Å²) in [5.74, 6) is 7.05. The molecule has 2 aromatic rings. The van der Waals surface area contributed by atoms with E-state index in [4.69, 9.17) is 10.6 Å². The summed E-state index contributed by atoms with van der Waals surface area (Å²) >= 11 is 0. The van der Waals surface area contributed by atoms with Crippen LogP contribution in [0.3, 0.4) is 0 Å². The van der Waals surface area contributed by atoms with E-state index in [1.54, 1.807) is 18.6 Å². The molecule has 0 aliphatic rings. The van der Waals surface area contributed by atoms with Gasteiger partial charge in [0.2, 0.25) is 0 Å². The number of rotatable bonds is 5. The molecule has 6 nitrogen and oxygen atoms in total. The summed E-state index contributed by atoms with van der Waals surface area (Å²) in [6.07, 6.45) is 5.12. The van der Waals surface area contributed by atoms with Crippen molar-refractivity contribution in [2.75, 3.05) is 6.61 Å². The molecule has 3 N–H and O–H groups in total. The Bertz CT molecular complexity index is 546. The Morgan fingerprint density at radius 3 is 2.95 bits per heavy atom. The smallest absolute Gasteiger partial charge is 0.137 e. The highest BCUT2D eigenvalue weighted by atomic mass is 16.5. The minimum Gasteiger partial charge on any atom is -0.492 e. The minimum absolute atomic E-state index is 0.241. The summed E-state index contributed by atoms with van der Waals surface area (Å²) in [4.78, 5) is 12.6. The van der Waals surface area contributed by atoms with E-state index < -0.39 is 0 Å². The van der Waals surface area contributed by atoms with Gasteiger partial charge in [0.05, 0.1) is 24.5 Å². The third kappa shape index (κ3) is 3.24. The van der Waals surface area contributed by atoms with Crippen molar-refractivity contribution in [2.24, 2.45) is 5.84 Å². The summed E-state index contributed by atoms with van der Waals surface area (Å²) < 4.78 is 5.44. The molecule has 2 rings (SSSR count). The molecule has 0 fully saturated rings. The zero-order valence-electron chi connectivity index (χ0n) is 11.0. The Labute approximate surface area is 112 Å². The Kier molecular flexibility index (Phi) is 4.38. The standard InChI is InChI=1S/C13H17N5O/c1-3-19-11-6-10(7-15-8-11)13(18-14)12-4-5-16-9(2)17-12/h4-8,13,18H,3,14H2,1-2H3. The summed E-state index contributed by atoms with van der Waals surface area (Å²) in [5.41, 5.74) is 4.44. The van der Waals surface area contributed by atoms with Crippen LogP contribution in [0.1, 0.15) is 30.0 Å². The fourth-order valence-electron chi connectivity index (χ4n) is 1.83. The summed E-state index contributed by atoms with van der Waals surface area (Å²) in [6, 6.07) is 3.48. The maximum Gasteiger partial charge on any atom is 0.137 e. The molecule has 0 saturated carbocycles. The molecular weight excluding hydrogens is 242 g/mol. The Balaban J connectivity index is 2.33. The van der Waals surface area contributed by atoms with Crippen LogP contribution >= 0.6 is 0 Å². The van der Waals surface area contributed by atoms with Crippen LogP contribution in [-0.4, -0.2) is 21.6 Å². The summed E-state index contributed by atoms with van der Waals surface area (Å²) in [5, 5.41) is 0. The van der Waals surface area contributed by atoms with Gasteiger partial charge in [-0.15, -0.1) is 0 Å². The normalized spacial score (nSPS) is 12.2. The van der Waals surface area contributed by atoms with Gasteiger partial charge in [-0.3, -0.25) is 10.8 Å². The number of nitrogens with two attached hydrogens (primary N) is 1. The van der Waals surface area contributed by atoms with E-state index in [0.29, 0.717) is 18.2 Å². The van der Waals surface area contributed by atoms with Gasteiger partial charge in [-0.2, -0.15) is 0 Å². The highest BCUT2D eigenvalue weighted by Crippen LogP contribution is 2.22. The van der Waals surface area contributed by atoms with Crippen molar-refractivity contribution in [2.45, 2.75) is 19.9 Å². The van der Waals surface area contributed by atoms with Crippen molar-refractivity contribution < 1.29 is 4.74 Å². The van der Waals surface area contributed by atoms with Crippen molar-refractivity contribution in [1.82, 2.24) is 20.4 Å². The summed E-state index contributed by atoms with van der Waals surface area (Å²) in [7, 11) is 0. The first-order chi connectivity index (χ1) is 9.24. The van der Waals surface area contributed by atoms with Gasteiger partial charge in [-0.1, -0.05) is 0 Å². The second kappa shape index (κ2) is 6.21. The molecule has 0 aromatic carbocycles. The van der Waals surface area contributed by atoms with Crippen LogP contribution in [-0.2, 0) is 0 Å². The van der Waals surface area contributed by atoms with E-state index >= 15 is 0 Å². The zero-order valence-corrected chi connectivity index (χ0v) is 11.0. The number of aromatic nitrogens is 3. The van der Waals surface area contributed by atoms with Crippen molar-refractivity contribution in [3.8, 4) is 5.75 Å². The number of pyridine rings is 1. The summed E-state index contributed by atoms with van der Waals surface area (Å²) in [6.45, 7) is 4.36. The van der Waals surface area contributed by atoms with Crippen LogP contribution in [0.15, 0.2) is 30.7 Å². The minimum atomic E-state index is -0.241. The number of nitrogens with one attached hydrogen (secondary N) is 1. The molecule has 1 unspecified atom stereocenters. The average molecular weight is 259 g/mol. The predicted molar refractivity (Wildman–Crippen MR) is 71.3 cm³/mol. The maximum atomic E-state index is 5.63. The van der Waals surface area contributed by atoms with E-state index in [1.807, 2.05) is 26.0 Å². The van der Waals surface area contributed by atoms with Gasteiger partial charge in [0.25, 0.3) is 0 Å². The van der Waals surface area contributed by atoms with Crippen LogP contribution in [0, 0.1) is 6.92 Å². The van der Waals surface area contributed by atoms with E-state index in [9.17, 15) is 0 Å². The van der Waals surface area contributed by atoms with Gasteiger partial charge in [0.1, 0.15) is 11.6 Å². The third-order valence-corrected chi connectivity index (χ3v) is 2.64. The first kappa shape index (κ1) is 13.4. The fraction of sp³-hybridized carbons (Fsp3) is 0.308. The lowest BCUT2D eigenvalue weighted by Crippen LogP contribution is -2.29. The van der Waals surface area contributed by atoms with E-state index in [-0.39, 0.29) is 6.04 Å². The first-order valence-electron chi connectivity index (χ1n) is 6.08. The van der Waals surface area contributed by atoms with E-state index in [1.165, 1.54) is 0 Å². The molecular formula is C13H17N5O. The molecule has 0 aliphatic heterocycles. The van der Waals surface area contributed by atoms with E-state index in [2.05, 4.69) is 20.4 Å². The van der Waals surface area contributed by atoms with E-state index in [0.717, 1.165) is 11.3 Å². The molecule has 0 aliphatic carbocycles. The van der Waals surface area contributed by atoms with Gasteiger partial charge in [-0.25, -0.2) is 15.4 Å². The molecule has 0 radical (unpaired) electrons. The third-order valence-electron chi connectivity index (χ3n) is 2.64. The number of hydrogen-bond donors (Lipinski definition) is 2. The van der Waals surface area contributed by atoms with Crippen molar-refractivity contribution >= 4 is 0 Å². The second-order valence-electron chi connectivity index (χ2n) is 4.02. The SMILES string of the molecule is CCOc1cncc(C(NN)c2ccnc(C)n2)c1. The molecule has 1 atom stereocenters. The van der Waals surface area contributed by atoms with Gasteiger partial charge in [-0.05, 0) is 31.5 Å². The van der Waals surface area contributed by atoms with Gasteiger partial charge < -0.3 is 4.74 Å². The predicted octanol–water partition coefficient (Wildman–Crippen LogP) is 1.13. The van der Waals surface area contributed by atoms with Crippen LogP contribution in [0.5, 0.6) is 5.75 Å². The molecule has 100 valence electrons. The van der Waals surface area contributed by atoms with Gasteiger partial charge >= 0.3 is 0 Å². The number of hydrogen-bond acceptors (Lipinski definition) is 6. The molecule has 2 aromatic heterocycles. The molecule has 0 spiro atoms. The van der Waals surface area contributed by atoms with Gasteiger partial charge in [0.15, 0.2) is 0 Å². The Morgan fingerprint density at radius 1 is 1.42 bits per heavy atom. The highest BCUT2D eigenvalue weighted by Gasteiger charge is 2.15. The Morgan fingerprint density at radius 2 is 2.26 bits per heavy atom. The van der Waals surface area contributed by atoms with Crippen LogP contribution < -0.4 is 16.0 Å². The molecule has 0 amide bonds. The lowest BCUT2D eigenvalue weighted by molar-refractivity contribution is 0.338. The molecule has 6 heteroatoms. The highest BCUT2D eigenvalue weighted by molar-refractivity contribution is 5.31. The van der Waals surface area contributed by atoms with Gasteiger partial charge in [0, 0.05) is 12.4 Å². The molecule has 0 bridgehead atoms. The lowest BCUT2D eigenvalue weighted by Gasteiger charge is -2.16. The quantitative estimate of drug-likeness (QED) is 0.618. The monoisotopic (exact) mass is 259 g/mol.